The van der Waals surface area contributed by atoms with Crippen molar-refractivity contribution < 1.29 is 22.7 Å². The number of benzene rings is 2. The number of rotatable bonds is 9. The minimum atomic E-state index is -3.86. The van der Waals surface area contributed by atoms with Gasteiger partial charge in [-0.3, -0.25) is 13.9 Å². The zero-order chi connectivity index (χ0) is 24.1. The highest BCUT2D eigenvalue weighted by atomic mass is 35.5. The largest absolute Gasteiger partial charge is 0.495 e. The van der Waals surface area contributed by atoms with E-state index in [1.165, 1.54) is 37.3 Å². The lowest BCUT2D eigenvalue weighted by atomic mass is 10.1. The quantitative estimate of drug-likeness (QED) is 0.569. The lowest BCUT2D eigenvalue weighted by Gasteiger charge is -2.31. The molecular formula is C21H25Cl2N3O5S. The SMILES string of the molecule is CNC(=O)C(C)N(Cc1ccccc1Cl)C(=O)CN(c1ccc(OC)c(Cl)c1)S(C)(=O)=O. The molecule has 0 saturated heterocycles. The maximum Gasteiger partial charge on any atom is 0.244 e. The fourth-order valence-corrected chi connectivity index (χ4v) is 4.31. The van der Waals surface area contributed by atoms with Gasteiger partial charge in [-0.1, -0.05) is 41.4 Å². The Kier molecular flexibility index (Phi) is 8.77. The van der Waals surface area contributed by atoms with Gasteiger partial charge in [-0.2, -0.15) is 0 Å². The van der Waals surface area contributed by atoms with Gasteiger partial charge in [0.25, 0.3) is 0 Å². The van der Waals surface area contributed by atoms with Crippen LogP contribution in [-0.4, -0.2) is 58.1 Å². The van der Waals surface area contributed by atoms with Gasteiger partial charge in [0.05, 0.1) is 24.1 Å². The standard InChI is InChI=1S/C21H25Cl2N3O5S/c1-14(21(28)24-2)25(12-15-7-5-6-8-17(15)22)20(27)13-26(32(4,29)30)16-9-10-19(31-3)18(23)11-16/h5-11,14H,12-13H2,1-4H3,(H,24,28). The predicted octanol–water partition coefficient (Wildman–Crippen LogP) is 2.93. The van der Waals surface area contributed by atoms with E-state index >= 15 is 0 Å². The van der Waals surface area contributed by atoms with Crippen LogP contribution in [0.4, 0.5) is 5.69 Å². The highest BCUT2D eigenvalue weighted by Crippen LogP contribution is 2.30. The molecule has 2 aromatic carbocycles. The van der Waals surface area contributed by atoms with Crippen molar-refractivity contribution in [3.63, 3.8) is 0 Å². The number of nitrogens with zero attached hydrogens (tertiary/aromatic N) is 2. The molecule has 8 nitrogen and oxygen atoms in total. The molecule has 174 valence electrons. The predicted molar refractivity (Wildman–Crippen MR) is 126 cm³/mol. The summed E-state index contributed by atoms with van der Waals surface area (Å²) in [4.78, 5) is 26.9. The molecule has 0 saturated carbocycles. The average Bonchev–Trinajstić information content (AvgIpc) is 2.74. The maximum atomic E-state index is 13.3. The van der Waals surface area contributed by atoms with Gasteiger partial charge >= 0.3 is 0 Å². The molecule has 2 rings (SSSR count). The average molecular weight is 502 g/mol. The van der Waals surface area contributed by atoms with Gasteiger partial charge in [0.1, 0.15) is 18.3 Å². The number of carbonyl (C=O) groups is 2. The summed E-state index contributed by atoms with van der Waals surface area (Å²) in [5, 5.41) is 3.13. The molecule has 32 heavy (non-hydrogen) atoms. The first-order chi connectivity index (χ1) is 15.0. The second-order valence-corrected chi connectivity index (χ2v) is 9.71. The summed E-state index contributed by atoms with van der Waals surface area (Å²) in [7, 11) is -0.962. The smallest absolute Gasteiger partial charge is 0.244 e. The Morgan fingerprint density at radius 1 is 1.12 bits per heavy atom. The molecule has 0 spiro atoms. The van der Waals surface area contributed by atoms with Crippen LogP contribution in [0.25, 0.3) is 0 Å². The number of ether oxygens (including phenoxy) is 1. The highest BCUT2D eigenvalue weighted by molar-refractivity contribution is 7.92. The molecule has 11 heteroatoms. The molecule has 0 aliphatic carbocycles. The van der Waals surface area contributed by atoms with Crippen molar-refractivity contribution in [2.45, 2.75) is 19.5 Å². The molecule has 1 N–H and O–H groups in total. The van der Waals surface area contributed by atoms with Crippen LogP contribution in [0.2, 0.25) is 10.0 Å². The van der Waals surface area contributed by atoms with E-state index in [4.69, 9.17) is 27.9 Å². The van der Waals surface area contributed by atoms with Crippen LogP contribution in [0, 0.1) is 0 Å². The summed E-state index contributed by atoms with van der Waals surface area (Å²) in [6, 6.07) is 10.4. The van der Waals surface area contributed by atoms with Crippen molar-refractivity contribution in [1.82, 2.24) is 10.2 Å². The van der Waals surface area contributed by atoms with E-state index in [-0.39, 0.29) is 17.3 Å². The van der Waals surface area contributed by atoms with Gasteiger partial charge in [-0.25, -0.2) is 8.42 Å². The minimum absolute atomic E-state index is 0.0219. The molecule has 0 radical (unpaired) electrons. The Morgan fingerprint density at radius 3 is 2.31 bits per heavy atom. The van der Waals surface area contributed by atoms with Gasteiger partial charge in [0.2, 0.25) is 21.8 Å². The number of sulfonamides is 1. The second kappa shape index (κ2) is 10.9. The zero-order valence-electron chi connectivity index (χ0n) is 18.1. The van der Waals surface area contributed by atoms with Crippen molar-refractivity contribution in [3.05, 3.63) is 58.1 Å². The third kappa shape index (κ3) is 6.27. The number of amides is 2. The van der Waals surface area contributed by atoms with Crippen LogP contribution < -0.4 is 14.4 Å². The summed E-state index contributed by atoms with van der Waals surface area (Å²) >= 11 is 12.4. The van der Waals surface area contributed by atoms with Crippen molar-refractivity contribution in [1.29, 1.82) is 0 Å². The van der Waals surface area contributed by atoms with E-state index in [2.05, 4.69) is 5.32 Å². The molecule has 0 aliphatic rings. The van der Waals surface area contributed by atoms with Crippen LogP contribution in [0.15, 0.2) is 42.5 Å². The third-order valence-corrected chi connectivity index (χ3v) is 6.62. The van der Waals surface area contributed by atoms with E-state index in [0.717, 1.165) is 10.6 Å². The first kappa shape index (κ1) is 25.8. The lowest BCUT2D eigenvalue weighted by molar-refractivity contribution is -0.139. The topological polar surface area (TPSA) is 96.0 Å². The maximum absolute atomic E-state index is 13.3. The summed E-state index contributed by atoms with van der Waals surface area (Å²) in [5.74, 6) is -0.619. The van der Waals surface area contributed by atoms with Crippen LogP contribution in [0.5, 0.6) is 5.75 Å². The molecule has 0 aliphatic heterocycles. The Bertz CT molecular complexity index is 1090. The Morgan fingerprint density at radius 2 is 1.78 bits per heavy atom. The first-order valence-electron chi connectivity index (χ1n) is 9.55. The summed E-state index contributed by atoms with van der Waals surface area (Å²) in [5.41, 5.74) is 0.814. The van der Waals surface area contributed by atoms with Crippen LogP contribution in [0.1, 0.15) is 12.5 Å². The molecule has 0 aromatic heterocycles. The summed E-state index contributed by atoms with van der Waals surface area (Å²) in [6.45, 7) is 1.05. The van der Waals surface area contributed by atoms with E-state index in [1.54, 1.807) is 31.2 Å². The van der Waals surface area contributed by atoms with Crippen molar-refractivity contribution in [2.24, 2.45) is 0 Å². The number of carbonyl (C=O) groups excluding carboxylic acids is 2. The molecule has 0 heterocycles. The molecule has 2 aromatic rings. The molecule has 0 fully saturated rings. The monoisotopic (exact) mass is 501 g/mol. The molecule has 0 bridgehead atoms. The number of anilines is 1. The minimum Gasteiger partial charge on any atom is -0.495 e. The Hall–Kier alpha value is -2.49. The van der Waals surface area contributed by atoms with Crippen LogP contribution >= 0.6 is 23.2 Å². The second-order valence-electron chi connectivity index (χ2n) is 6.99. The highest BCUT2D eigenvalue weighted by Gasteiger charge is 2.30. The lowest BCUT2D eigenvalue weighted by Crippen LogP contribution is -2.50. The third-order valence-electron chi connectivity index (χ3n) is 4.81. The molecule has 2 amide bonds. The van der Waals surface area contributed by atoms with Gasteiger partial charge in [0, 0.05) is 18.6 Å². The first-order valence-corrected chi connectivity index (χ1v) is 12.2. The van der Waals surface area contributed by atoms with Gasteiger partial charge in [0.15, 0.2) is 0 Å². The zero-order valence-corrected chi connectivity index (χ0v) is 20.5. The Balaban J connectivity index is 2.42. The van der Waals surface area contributed by atoms with Crippen molar-refractivity contribution >= 4 is 50.7 Å². The van der Waals surface area contributed by atoms with E-state index < -0.39 is 34.4 Å². The van der Waals surface area contributed by atoms with Crippen LogP contribution in [0.3, 0.4) is 0 Å². The fraction of sp³-hybridized carbons (Fsp3) is 0.333. The fourth-order valence-electron chi connectivity index (χ4n) is 3.03. The number of nitrogens with one attached hydrogen (secondary N) is 1. The molecule has 1 atom stereocenters. The number of halogens is 2. The number of likely N-dealkylation sites (N-methyl/N-ethyl adjacent to an activating group) is 1. The number of methoxy groups -OCH3 is 1. The normalized spacial score (nSPS) is 12.1. The van der Waals surface area contributed by atoms with Gasteiger partial charge in [-0.05, 0) is 36.8 Å². The number of hydrogen-bond acceptors (Lipinski definition) is 5. The van der Waals surface area contributed by atoms with E-state index in [9.17, 15) is 18.0 Å². The van der Waals surface area contributed by atoms with Gasteiger partial charge < -0.3 is 15.0 Å². The molecule has 1 unspecified atom stereocenters. The molecular weight excluding hydrogens is 477 g/mol. The summed E-state index contributed by atoms with van der Waals surface area (Å²) in [6.07, 6.45) is 0.985. The van der Waals surface area contributed by atoms with Gasteiger partial charge in [-0.15, -0.1) is 0 Å². The van der Waals surface area contributed by atoms with E-state index in [0.29, 0.717) is 16.3 Å². The number of hydrogen-bond donors (Lipinski definition) is 1. The van der Waals surface area contributed by atoms with Crippen LogP contribution in [-0.2, 0) is 26.2 Å². The van der Waals surface area contributed by atoms with E-state index in [1.807, 2.05) is 0 Å². The Labute approximate surface area is 198 Å². The van der Waals surface area contributed by atoms with Crippen molar-refractivity contribution in [3.8, 4) is 5.75 Å². The van der Waals surface area contributed by atoms with Crippen molar-refractivity contribution in [2.75, 3.05) is 31.3 Å². The summed E-state index contributed by atoms with van der Waals surface area (Å²) < 4.78 is 31.0.